The maximum atomic E-state index is 13.0. The summed E-state index contributed by atoms with van der Waals surface area (Å²) in [7, 11) is 0. The lowest BCUT2D eigenvalue weighted by Gasteiger charge is -2.28. The summed E-state index contributed by atoms with van der Waals surface area (Å²) >= 11 is 5.84. The molecule has 0 aliphatic heterocycles. The molecule has 6 heteroatoms. The summed E-state index contributed by atoms with van der Waals surface area (Å²) < 4.78 is 39.1. The molecule has 128 valence electrons. The highest BCUT2D eigenvalue weighted by Crippen LogP contribution is 2.34. The van der Waals surface area contributed by atoms with E-state index in [0.717, 1.165) is 39.0 Å². The maximum absolute atomic E-state index is 13.0. The molecule has 0 amide bonds. The third kappa shape index (κ3) is 4.95. The molecule has 1 aromatic rings. The molecule has 0 spiro atoms. The second-order valence-electron chi connectivity index (χ2n) is 6.32. The summed E-state index contributed by atoms with van der Waals surface area (Å²) in [5.74, 6) is 0. The molecular weight excluding hydrogens is 327 g/mol. The van der Waals surface area contributed by atoms with E-state index < -0.39 is 18.2 Å². The molecule has 1 fully saturated rings. The molecule has 0 saturated heterocycles. The summed E-state index contributed by atoms with van der Waals surface area (Å²) in [5, 5.41) is 10.3. The number of benzene rings is 1. The highest BCUT2D eigenvalue weighted by atomic mass is 35.5. The Hall–Kier alpha value is -1.07. The number of aliphatic hydroxyl groups is 1. The minimum absolute atomic E-state index is 0.0264. The van der Waals surface area contributed by atoms with E-state index >= 15 is 0 Å². The van der Waals surface area contributed by atoms with Crippen molar-refractivity contribution in [3.63, 3.8) is 0 Å². The number of alkyl halides is 3. The predicted molar refractivity (Wildman–Crippen MR) is 86.2 cm³/mol. The zero-order valence-electron chi connectivity index (χ0n) is 13.0. The summed E-state index contributed by atoms with van der Waals surface area (Å²) in [5.41, 5.74) is -1.94. The van der Waals surface area contributed by atoms with Gasteiger partial charge >= 0.3 is 6.18 Å². The molecular formula is C17H21ClF3NO. The van der Waals surface area contributed by atoms with Crippen molar-refractivity contribution < 1.29 is 18.3 Å². The Balaban J connectivity index is 2.31. The Morgan fingerprint density at radius 3 is 2.26 bits per heavy atom. The van der Waals surface area contributed by atoms with Gasteiger partial charge in [-0.15, -0.1) is 0 Å². The van der Waals surface area contributed by atoms with Crippen LogP contribution in [0, 0.1) is 0 Å². The third-order valence-corrected chi connectivity index (χ3v) is 4.46. The van der Waals surface area contributed by atoms with Crippen molar-refractivity contribution in [1.29, 1.82) is 0 Å². The molecule has 0 aromatic heterocycles. The van der Waals surface area contributed by atoms with Crippen LogP contribution in [0.2, 0.25) is 5.02 Å². The van der Waals surface area contributed by atoms with Crippen LogP contribution < -0.4 is 0 Å². The topological polar surface area (TPSA) is 32.6 Å². The van der Waals surface area contributed by atoms with Crippen LogP contribution in [0.4, 0.5) is 13.2 Å². The fourth-order valence-electron chi connectivity index (χ4n) is 2.72. The minimum atomic E-state index is -4.70. The number of aliphatic imine (C=N–C) groups is 1. The Morgan fingerprint density at radius 1 is 1.17 bits per heavy atom. The van der Waals surface area contributed by atoms with Gasteiger partial charge in [-0.25, -0.2) is 0 Å². The van der Waals surface area contributed by atoms with Crippen molar-refractivity contribution in [1.82, 2.24) is 0 Å². The van der Waals surface area contributed by atoms with Crippen LogP contribution in [-0.4, -0.2) is 28.6 Å². The minimum Gasteiger partial charge on any atom is -0.380 e. The zero-order chi connectivity index (χ0) is 17.1. The first kappa shape index (κ1) is 18.3. The molecule has 23 heavy (non-hydrogen) atoms. The average molecular weight is 348 g/mol. The second kappa shape index (κ2) is 7.22. The van der Waals surface area contributed by atoms with E-state index in [1.807, 2.05) is 0 Å². The van der Waals surface area contributed by atoms with E-state index in [1.54, 1.807) is 24.3 Å². The monoisotopic (exact) mass is 347 g/mol. The van der Waals surface area contributed by atoms with Crippen LogP contribution in [0.3, 0.4) is 0 Å². The maximum Gasteiger partial charge on any atom is 0.417 e. The van der Waals surface area contributed by atoms with Crippen LogP contribution in [0.1, 0.15) is 51.0 Å². The highest BCUT2D eigenvalue weighted by molar-refractivity contribution is 6.30. The Kier molecular flexibility index (Phi) is 5.74. The van der Waals surface area contributed by atoms with E-state index in [4.69, 9.17) is 11.6 Å². The van der Waals surface area contributed by atoms with E-state index in [1.165, 1.54) is 0 Å². The molecule has 1 saturated carbocycles. The molecule has 2 rings (SSSR count). The third-order valence-electron chi connectivity index (χ3n) is 4.21. The quantitative estimate of drug-likeness (QED) is 0.749. The van der Waals surface area contributed by atoms with Gasteiger partial charge in [-0.1, -0.05) is 43.0 Å². The van der Waals surface area contributed by atoms with Gasteiger partial charge in [-0.3, -0.25) is 4.99 Å². The van der Waals surface area contributed by atoms with Gasteiger partial charge in [0.05, 0.1) is 6.04 Å². The van der Waals surface area contributed by atoms with Gasteiger partial charge in [0.2, 0.25) is 0 Å². The number of halogens is 4. The molecule has 0 bridgehead atoms. The lowest BCUT2D eigenvalue weighted by molar-refractivity contribution is -0.249. The van der Waals surface area contributed by atoms with Crippen LogP contribution in [-0.2, 0) is 0 Å². The van der Waals surface area contributed by atoms with Gasteiger partial charge in [0.25, 0.3) is 0 Å². The van der Waals surface area contributed by atoms with Crippen LogP contribution in [0.5, 0.6) is 0 Å². The highest BCUT2D eigenvalue weighted by Gasteiger charge is 2.50. The van der Waals surface area contributed by atoms with Crippen molar-refractivity contribution in [2.45, 2.75) is 63.3 Å². The molecule has 1 aliphatic rings. The van der Waals surface area contributed by atoms with Crippen molar-refractivity contribution in [3.8, 4) is 0 Å². The van der Waals surface area contributed by atoms with Gasteiger partial charge in [0, 0.05) is 17.2 Å². The van der Waals surface area contributed by atoms with Crippen molar-refractivity contribution >= 4 is 17.3 Å². The van der Waals surface area contributed by atoms with Gasteiger partial charge in [0.15, 0.2) is 5.60 Å². The molecule has 0 radical (unpaired) electrons. The number of hydrogen-bond acceptors (Lipinski definition) is 2. The lowest BCUT2D eigenvalue weighted by atomic mass is 9.92. The Morgan fingerprint density at radius 2 is 1.74 bits per heavy atom. The zero-order valence-corrected chi connectivity index (χ0v) is 13.8. The standard InChI is InChI=1S/C17H21ClF3NO/c1-16(23,17(19,20)21)11-15(12-7-9-13(18)10-8-12)22-14-5-3-2-4-6-14/h7-10,14,23H,2-6,11H2,1H3. The summed E-state index contributed by atoms with van der Waals surface area (Å²) in [6, 6.07) is 6.57. The summed E-state index contributed by atoms with van der Waals surface area (Å²) in [6.45, 7) is 0.791. The van der Waals surface area contributed by atoms with E-state index in [-0.39, 0.29) is 11.8 Å². The lowest BCUT2D eigenvalue weighted by Crippen LogP contribution is -2.44. The first-order valence-corrected chi connectivity index (χ1v) is 8.18. The van der Waals surface area contributed by atoms with Gasteiger partial charge < -0.3 is 5.11 Å². The SMILES string of the molecule is CC(O)(CC(=NC1CCCCC1)c1ccc(Cl)cc1)C(F)(F)F. The van der Waals surface area contributed by atoms with E-state index in [0.29, 0.717) is 10.6 Å². The molecule has 2 nitrogen and oxygen atoms in total. The van der Waals surface area contributed by atoms with Crippen molar-refractivity contribution in [3.05, 3.63) is 34.9 Å². The van der Waals surface area contributed by atoms with Crippen LogP contribution >= 0.6 is 11.6 Å². The van der Waals surface area contributed by atoms with Gasteiger partial charge in [0.1, 0.15) is 0 Å². The molecule has 0 heterocycles. The first-order valence-electron chi connectivity index (χ1n) is 7.81. The smallest absolute Gasteiger partial charge is 0.380 e. The molecule has 1 N–H and O–H groups in total. The van der Waals surface area contributed by atoms with Crippen LogP contribution in [0.15, 0.2) is 29.3 Å². The first-order chi connectivity index (χ1) is 10.7. The number of nitrogens with zero attached hydrogens (tertiary/aromatic N) is 1. The van der Waals surface area contributed by atoms with Gasteiger partial charge in [-0.2, -0.15) is 13.2 Å². The van der Waals surface area contributed by atoms with Crippen molar-refractivity contribution in [2.75, 3.05) is 0 Å². The normalized spacial score (nSPS) is 20.3. The summed E-state index contributed by atoms with van der Waals surface area (Å²) in [6.07, 6.45) is -0.282. The van der Waals surface area contributed by atoms with Crippen molar-refractivity contribution in [2.24, 2.45) is 4.99 Å². The van der Waals surface area contributed by atoms with Crippen LogP contribution in [0.25, 0.3) is 0 Å². The fourth-order valence-corrected chi connectivity index (χ4v) is 2.85. The largest absolute Gasteiger partial charge is 0.417 e. The molecule has 1 aliphatic carbocycles. The van der Waals surface area contributed by atoms with Gasteiger partial charge in [-0.05, 0) is 37.5 Å². The molecule has 1 atom stereocenters. The predicted octanol–water partition coefficient (Wildman–Crippen LogP) is 5.17. The van der Waals surface area contributed by atoms with E-state index in [9.17, 15) is 18.3 Å². The average Bonchev–Trinajstić information content (AvgIpc) is 2.47. The second-order valence-corrected chi connectivity index (χ2v) is 6.76. The van der Waals surface area contributed by atoms with E-state index in [2.05, 4.69) is 4.99 Å². The summed E-state index contributed by atoms with van der Waals surface area (Å²) in [4.78, 5) is 4.55. The molecule has 1 unspecified atom stereocenters. The Labute approximate surface area is 139 Å². The Bertz CT molecular complexity index is 546. The number of hydrogen-bond donors (Lipinski definition) is 1. The number of rotatable bonds is 4. The fraction of sp³-hybridized carbons (Fsp3) is 0.588. The molecule has 1 aromatic carbocycles.